The molecule has 1 aromatic carbocycles. The molecule has 0 aromatic heterocycles. The summed E-state index contributed by atoms with van der Waals surface area (Å²) in [6.07, 6.45) is 6.14. The van der Waals surface area contributed by atoms with Crippen LogP contribution in [0.15, 0.2) is 24.3 Å². The largest absolute Gasteiger partial charge is 0.493 e. The van der Waals surface area contributed by atoms with E-state index in [4.69, 9.17) is 14.2 Å². The number of allylic oxidation sites excluding steroid dienone is 1. The highest BCUT2D eigenvalue weighted by atomic mass is 16.6. The predicted molar refractivity (Wildman–Crippen MR) is 94.5 cm³/mol. The highest BCUT2D eigenvalue weighted by molar-refractivity contribution is 5.81. The predicted octanol–water partition coefficient (Wildman–Crippen LogP) is 2.57. The van der Waals surface area contributed by atoms with Crippen molar-refractivity contribution in [3.8, 4) is 11.5 Å². The maximum atomic E-state index is 11.7. The first-order valence-electron chi connectivity index (χ1n) is 8.42. The number of hydrogen-bond acceptors (Lipinski definition) is 5. The zero-order valence-corrected chi connectivity index (χ0v) is 14.9. The Morgan fingerprint density at radius 1 is 1.28 bits per heavy atom. The number of ether oxygens (including phenoxy) is 3. The maximum absolute atomic E-state index is 11.7. The molecule has 0 heterocycles. The van der Waals surface area contributed by atoms with Gasteiger partial charge in [0.2, 0.25) is 0 Å². The third-order valence-electron chi connectivity index (χ3n) is 3.97. The molecular weight excluding hydrogens is 322 g/mol. The number of benzene rings is 1. The molecule has 1 aliphatic rings. The molecule has 6 nitrogen and oxygen atoms in total. The zero-order chi connectivity index (χ0) is 18.2. The monoisotopic (exact) mass is 347 g/mol. The first kappa shape index (κ1) is 18.8. The Hall–Kier alpha value is -2.50. The van der Waals surface area contributed by atoms with E-state index in [-0.39, 0.29) is 25.2 Å². The van der Waals surface area contributed by atoms with Gasteiger partial charge >= 0.3 is 5.97 Å². The van der Waals surface area contributed by atoms with Crippen LogP contribution < -0.4 is 14.8 Å². The third-order valence-corrected chi connectivity index (χ3v) is 3.97. The third kappa shape index (κ3) is 6.14. The average molecular weight is 347 g/mol. The van der Waals surface area contributed by atoms with E-state index in [0.29, 0.717) is 17.4 Å². The number of methoxy groups -OCH3 is 1. The van der Waals surface area contributed by atoms with Crippen LogP contribution in [0.25, 0.3) is 6.08 Å². The Morgan fingerprint density at radius 3 is 2.68 bits per heavy atom. The summed E-state index contributed by atoms with van der Waals surface area (Å²) in [5.74, 6) is 0.634. The second-order valence-corrected chi connectivity index (χ2v) is 6.05. The van der Waals surface area contributed by atoms with Crippen LogP contribution in [0.3, 0.4) is 0 Å². The Morgan fingerprint density at radius 2 is 2.04 bits per heavy atom. The molecule has 0 unspecified atom stereocenters. The summed E-state index contributed by atoms with van der Waals surface area (Å²) in [7, 11) is 1.53. The van der Waals surface area contributed by atoms with Crippen molar-refractivity contribution in [2.24, 2.45) is 5.92 Å². The lowest BCUT2D eigenvalue weighted by Crippen LogP contribution is -2.37. The smallest absolute Gasteiger partial charge is 0.344 e. The molecule has 136 valence electrons. The van der Waals surface area contributed by atoms with E-state index in [1.807, 2.05) is 38.1 Å². The fourth-order valence-corrected chi connectivity index (χ4v) is 2.43. The fourth-order valence-electron chi connectivity index (χ4n) is 2.43. The molecule has 6 heteroatoms. The molecule has 1 aliphatic carbocycles. The summed E-state index contributed by atoms with van der Waals surface area (Å²) in [5, 5.41) is 2.82. The van der Waals surface area contributed by atoms with Crippen LogP contribution in [0.2, 0.25) is 0 Å². The fraction of sp³-hybridized carbons (Fsp3) is 0.474. The number of amides is 1. The SMILES string of the molecule is C/C=C/c1ccc(OCC(=O)OCC(=O)N[C@H](C)C2CC2)c(OC)c1. The molecule has 0 radical (unpaired) electrons. The maximum Gasteiger partial charge on any atom is 0.344 e. The molecule has 0 bridgehead atoms. The molecule has 1 atom stereocenters. The molecule has 25 heavy (non-hydrogen) atoms. The van der Waals surface area contributed by atoms with E-state index >= 15 is 0 Å². The molecule has 1 N–H and O–H groups in total. The minimum absolute atomic E-state index is 0.127. The van der Waals surface area contributed by atoms with Crippen molar-refractivity contribution in [3.63, 3.8) is 0 Å². The number of carbonyl (C=O) groups is 2. The van der Waals surface area contributed by atoms with Gasteiger partial charge in [-0.3, -0.25) is 4.79 Å². The Kier molecular flexibility index (Phi) is 6.86. The van der Waals surface area contributed by atoms with Crippen molar-refractivity contribution >= 4 is 18.0 Å². The molecular formula is C19H25NO5. The van der Waals surface area contributed by atoms with Crippen molar-refractivity contribution in [3.05, 3.63) is 29.8 Å². The van der Waals surface area contributed by atoms with Crippen molar-refractivity contribution in [2.45, 2.75) is 32.7 Å². The van der Waals surface area contributed by atoms with Crippen LogP contribution in [0.4, 0.5) is 0 Å². The molecule has 0 spiro atoms. The van der Waals surface area contributed by atoms with Gasteiger partial charge in [0.15, 0.2) is 24.7 Å². The van der Waals surface area contributed by atoms with Crippen LogP contribution >= 0.6 is 0 Å². The van der Waals surface area contributed by atoms with Crippen LogP contribution in [0.5, 0.6) is 11.5 Å². The van der Waals surface area contributed by atoms with Crippen molar-refractivity contribution in [1.82, 2.24) is 5.32 Å². The summed E-state index contributed by atoms with van der Waals surface area (Å²) in [4.78, 5) is 23.5. The van der Waals surface area contributed by atoms with Crippen molar-refractivity contribution in [1.29, 1.82) is 0 Å². The Bertz CT molecular complexity index is 637. The van der Waals surface area contributed by atoms with Crippen LogP contribution in [0, 0.1) is 5.92 Å². The highest BCUT2D eigenvalue weighted by Gasteiger charge is 2.28. The topological polar surface area (TPSA) is 73.9 Å². The molecule has 0 saturated heterocycles. The Labute approximate surface area is 148 Å². The molecule has 1 saturated carbocycles. The summed E-state index contributed by atoms with van der Waals surface area (Å²) in [5.41, 5.74) is 0.968. The van der Waals surface area contributed by atoms with Gasteiger partial charge in [0.1, 0.15) is 0 Å². The number of nitrogens with one attached hydrogen (secondary N) is 1. The van der Waals surface area contributed by atoms with E-state index in [2.05, 4.69) is 5.32 Å². The second kappa shape index (κ2) is 9.11. The quantitative estimate of drug-likeness (QED) is 0.695. The first-order chi connectivity index (χ1) is 12.0. The van der Waals surface area contributed by atoms with Crippen LogP contribution in [-0.2, 0) is 14.3 Å². The van der Waals surface area contributed by atoms with Gasteiger partial charge in [0.05, 0.1) is 7.11 Å². The molecule has 2 rings (SSSR count). The minimum Gasteiger partial charge on any atom is -0.493 e. The van der Waals surface area contributed by atoms with E-state index in [0.717, 1.165) is 18.4 Å². The van der Waals surface area contributed by atoms with Gasteiger partial charge < -0.3 is 19.5 Å². The number of esters is 1. The van der Waals surface area contributed by atoms with Gasteiger partial charge in [-0.25, -0.2) is 4.79 Å². The van der Waals surface area contributed by atoms with Crippen molar-refractivity contribution < 1.29 is 23.8 Å². The molecule has 1 aromatic rings. The van der Waals surface area contributed by atoms with Gasteiger partial charge in [-0.1, -0.05) is 18.2 Å². The standard InChI is InChI=1S/C19H25NO5/c1-4-5-14-6-9-16(17(10-14)23-3)24-12-19(22)25-11-18(21)20-13(2)15-7-8-15/h4-6,9-10,13,15H,7-8,11-12H2,1-3H3,(H,20,21)/b5-4+/t13-/m1/s1. The molecule has 0 aliphatic heterocycles. The first-order valence-corrected chi connectivity index (χ1v) is 8.42. The zero-order valence-electron chi connectivity index (χ0n) is 14.9. The molecule has 1 amide bonds. The van der Waals surface area contributed by atoms with E-state index in [1.165, 1.54) is 7.11 Å². The summed E-state index contributed by atoms with van der Waals surface area (Å²) in [6.45, 7) is 3.31. The summed E-state index contributed by atoms with van der Waals surface area (Å²) < 4.78 is 15.6. The van der Waals surface area contributed by atoms with Crippen molar-refractivity contribution in [2.75, 3.05) is 20.3 Å². The normalized spacial score (nSPS) is 14.8. The molecule has 1 fully saturated rings. The van der Waals surface area contributed by atoms with E-state index < -0.39 is 5.97 Å². The number of hydrogen-bond donors (Lipinski definition) is 1. The van der Waals surface area contributed by atoms with Crippen LogP contribution in [-0.4, -0.2) is 38.2 Å². The summed E-state index contributed by atoms with van der Waals surface area (Å²) >= 11 is 0. The van der Waals surface area contributed by atoms with E-state index in [9.17, 15) is 9.59 Å². The van der Waals surface area contributed by atoms with Gasteiger partial charge in [-0.15, -0.1) is 0 Å². The van der Waals surface area contributed by atoms with Gasteiger partial charge in [-0.05, 0) is 50.3 Å². The number of carbonyl (C=O) groups excluding carboxylic acids is 2. The van der Waals surface area contributed by atoms with Gasteiger partial charge in [-0.2, -0.15) is 0 Å². The van der Waals surface area contributed by atoms with Gasteiger partial charge in [0, 0.05) is 6.04 Å². The van der Waals surface area contributed by atoms with E-state index in [1.54, 1.807) is 6.07 Å². The lowest BCUT2D eigenvalue weighted by atomic mass is 10.2. The summed E-state index contributed by atoms with van der Waals surface area (Å²) in [6, 6.07) is 5.52. The lowest BCUT2D eigenvalue weighted by Gasteiger charge is -2.13. The highest BCUT2D eigenvalue weighted by Crippen LogP contribution is 2.32. The van der Waals surface area contributed by atoms with Crippen LogP contribution in [0.1, 0.15) is 32.3 Å². The van der Waals surface area contributed by atoms with Gasteiger partial charge in [0.25, 0.3) is 5.91 Å². The lowest BCUT2D eigenvalue weighted by molar-refractivity contribution is -0.150. The second-order valence-electron chi connectivity index (χ2n) is 6.05. The minimum atomic E-state index is -0.603. The number of rotatable bonds is 9. The average Bonchev–Trinajstić information content (AvgIpc) is 3.44. The Balaban J connectivity index is 1.76.